The van der Waals surface area contributed by atoms with Crippen LogP contribution in [0, 0.1) is 0 Å². The number of hydrazine groups is 1. The van der Waals surface area contributed by atoms with Crippen LogP contribution in [0.25, 0.3) is 0 Å². The quantitative estimate of drug-likeness (QED) is 0.436. The van der Waals surface area contributed by atoms with E-state index in [1.54, 1.807) is 0 Å². The monoisotopic (exact) mass is 280 g/mol. The number of hydrogen-bond acceptors (Lipinski definition) is 4. The minimum atomic E-state index is 0.404. The summed E-state index contributed by atoms with van der Waals surface area (Å²) in [5, 5.41) is 0. The molecule has 0 aliphatic carbocycles. The zero-order chi connectivity index (χ0) is 13.5. The number of nitrogens with one attached hydrogen (secondary N) is 1. The number of nitrogens with two attached hydrogens (primary N) is 1. The maximum Gasteiger partial charge on any atom is 0.122 e. The predicted octanol–water partition coefficient (Wildman–Crippen LogP) is 2.53. The lowest BCUT2D eigenvalue weighted by Gasteiger charge is -2.15. The van der Waals surface area contributed by atoms with Crippen LogP contribution < -0.4 is 16.0 Å². The smallest absolute Gasteiger partial charge is 0.122 e. The van der Waals surface area contributed by atoms with Crippen molar-refractivity contribution in [3.05, 3.63) is 29.3 Å². The number of hydrogen-bond donors (Lipinski definition) is 2. The number of benzene rings is 1. The summed E-state index contributed by atoms with van der Waals surface area (Å²) in [4.78, 5) is 0. The lowest BCUT2D eigenvalue weighted by molar-refractivity contribution is 0.357. The molecule has 0 saturated heterocycles. The Labute approximate surface area is 120 Å². The van der Waals surface area contributed by atoms with Crippen molar-refractivity contribution in [2.24, 2.45) is 5.84 Å². The van der Waals surface area contributed by atoms with Crippen LogP contribution in [0.1, 0.15) is 30.9 Å². The van der Waals surface area contributed by atoms with Crippen LogP contribution in [-0.2, 0) is 12.8 Å². The van der Waals surface area contributed by atoms with Crippen LogP contribution in [0.4, 0.5) is 0 Å². The fraction of sp³-hybridized carbons (Fsp3) is 0.600. The summed E-state index contributed by atoms with van der Waals surface area (Å²) < 4.78 is 5.53. The Morgan fingerprint density at radius 2 is 2.37 bits per heavy atom. The first kappa shape index (κ1) is 14.7. The molecule has 0 bridgehead atoms. The van der Waals surface area contributed by atoms with Gasteiger partial charge in [-0.15, -0.1) is 0 Å². The van der Waals surface area contributed by atoms with Gasteiger partial charge in [0.1, 0.15) is 5.75 Å². The van der Waals surface area contributed by atoms with Gasteiger partial charge in [0, 0.05) is 18.2 Å². The Morgan fingerprint density at radius 3 is 3.16 bits per heavy atom. The molecule has 19 heavy (non-hydrogen) atoms. The highest BCUT2D eigenvalue weighted by Gasteiger charge is 2.13. The summed E-state index contributed by atoms with van der Waals surface area (Å²) in [6.07, 6.45) is 4.45. The molecule has 1 unspecified atom stereocenters. The summed E-state index contributed by atoms with van der Waals surface area (Å²) in [6, 6.07) is 6.97. The third kappa shape index (κ3) is 4.41. The summed E-state index contributed by atoms with van der Waals surface area (Å²) in [5.41, 5.74) is 5.69. The van der Waals surface area contributed by atoms with Crippen LogP contribution in [0.5, 0.6) is 5.75 Å². The third-order valence-electron chi connectivity index (χ3n) is 3.44. The van der Waals surface area contributed by atoms with Crippen molar-refractivity contribution in [1.29, 1.82) is 0 Å². The molecule has 1 aromatic carbocycles. The van der Waals surface area contributed by atoms with Crippen LogP contribution >= 0.6 is 11.8 Å². The average Bonchev–Trinajstić information content (AvgIpc) is 2.90. The van der Waals surface area contributed by atoms with Crippen molar-refractivity contribution >= 4 is 11.8 Å². The van der Waals surface area contributed by atoms with Crippen molar-refractivity contribution in [3.8, 4) is 5.75 Å². The molecular formula is C15H24N2OS. The minimum absolute atomic E-state index is 0.404. The molecule has 2 rings (SSSR count). The van der Waals surface area contributed by atoms with Gasteiger partial charge in [-0.25, -0.2) is 0 Å². The normalized spacial score (nSPS) is 15.1. The van der Waals surface area contributed by atoms with Gasteiger partial charge in [-0.2, -0.15) is 11.8 Å². The zero-order valence-electron chi connectivity index (χ0n) is 11.7. The van der Waals surface area contributed by atoms with E-state index < -0.39 is 0 Å². The second kappa shape index (κ2) is 7.78. The Bertz CT molecular complexity index is 398. The first-order valence-electron chi connectivity index (χ1n) is 7.12. The second-order valence-electron chi connectivity index (χ2n) is 5.02. The number of aryl methyl sites for hydroxylation is 1. The molecule has 1 aliphatic rings. The van der Waals surface area contributed by atoms with Gasteiger partial charge in [0.2, 0.25) is 0 Å². The largest absolute Gasteiger partial charge is 0.493 e. The highest BCUT2D eigenvalue weighted by molar-refractivity contribution is 7.99. The van der Waals surface area contributed by atoms with Crippen molar-refractivity contribution < 1.29 is 4.74 Å². The number of ether oxygens (including phenoxy) is 1. The molecule has 3 nitrogen and oxygen atoms in total. The number of thioether (sulfide) groups is 1. The molecular weight excluding hydrogens is 256 g/mol. The minimum Gasteiger partial charge on any atom is -0.493 e. The lowest BCUT2D eigenvalue weighted by atomic mass is 10.0. The molecule has 1 heterocycles. The molecule has 3 N–H and O–H groups in total. The van der Waals surface area contributed by atoms with Gasteiger partial charge < -0.3 is 4.74 Å². The average molecular weight is 280 g/mol. The van der Waals surface area contributed by atoms with E-state index in [9.17, 15) is 0 Å². The lowest BCUT2D eigenvalue weighted by Crippen LogP contribution is -2.37. The first-order chi connectivity index (χ1) is 9.33. The van der Waals surface area contributed by atoms with Gasteiger partial charge >= 0.3 is 0 Å². The maximum atomic E-state index is 5.63. The highest BCUT2D eigenvalue weighted by atomic mass is 32.2. The highest BCUT2D eigenvalue weighted by Crippen LogP contribution is 2.26. The Hall–Kier alpha value is -0.710. The van der Waals surface area contributed by atoms with Crippen LogP contribution in [-0.4, -0.2) is 24.2 Å². The molecule has 0 amide bonds. The fourth-order valence-electron chi connectivity index (χ4n) is 2.32. The summed E-state index contributed by atoms with van der Waals surface area (Å²) in [6.45, 7) is 3.05. The van der Waals surface area contributed by atoms with E-state index in [4.69, 9.17) is 10.6 Å². The summed E-state index contributed by atoms with van der Waals surface area (Å²) >= 11 is 1.98. The van der Waals surface area contributed by atoms with E-state index in [0.717, 1.165) is 37.4 Å². The molecule has 0 saturated carbocycles. The van der Waals surface area contributed by atoms with Crippen molar-refractivity contribution in [2.75, 3.05) is 18.1 Å². The van der Waals surface area contributed by atoms with E-state index >= 15 is 0 Å². The fourth-order valence-corrected chi connectivity index (χ4v) is 3.32. The molecule has 0 aromatic heterocycles. The molecule has 106 valence electrons. The molecule has 0 fully saturated rings. The van der Waals surface area contributed by atoms with Gasteiger partial charge in [-0.1, -0.05) is 19.1 Å². The second-order valence-corrected chi connectivity index (χ2v) is 6.17. The van der Waals surface area contributed by atoms with Gasteiger partial charge in [-0.05, 0) is 42.2 Å². The summed E-state index contributed by atoms with van der Waals surface area (Å²) in [7, 11) is 0. The number of rotatable bonds is 8. The van der Waals surface area contributed by atoms with Crippen LogP contribution in [0.3, 0.4) is 0 Å². The van der Waals surface area contributed by atoms with E-state index in [0.29, 0.717) is 6.04 Å². The van der Waals surface area contributed by atoms with E-state index in [2.05, 4.69) is 30.5 Å². The molecule has 4 heteroatoms. The van der Waals surface area contributed by atoms with E-state index in [1.165, 1.54) is 23.3 Å². The SMILES string of the molecule is CCCSCC(CCc1ccc2c(c1)CCO2)NN. The van der Waals surface area contributed by atoms with Crippen LogP contribution in [0.2, 0.25) is 0 Å². The molecule has 0 radical (unpaired) electrons. The van der Waals surface area contributed by atoms with Gasteiger partial charge in [-0.3, -0.25) is 11.3 Å². The van der Waals surface area contributed by atoms with E-state index in [1.807, 2.05) is 11.8 Å². The Morgan fingerprint density at radius 1 is 1.47 bits per heavy atom. The Kier molecular flexibility index (Phi) is 6.01. The molecule has 1 aliphatic heterocycles. The number of fused-ring (bicyclic) bond motifs is 1. The zero-order valence-corrected chi connectivity index (χ0v) is 12.5. The van der Waals surface area contributed by atoms with Crippen molar-refractivity contribution in [3.63, 3.8) is 0 Å². The third-order valence-corrected chi connectivity index (χ3v) is 4.77. The van der Waals surface area contributed by atoms with E-state index in [-0.39, 0.29) is 0 Å². The predicted molar refractivity (Wildman–Crippen MR) is 82.7 cm³/mol. The topological polar surface area (TPSA) is 47.3 Å². The van der Waals surface area contributed by atoms with Gasteiger partial charge in [0.25, 0.3) is 0 Å². The van der Waals surface area contributed by atoms with Crippen molar-refractivity contribution in [1.82, 2.24) is 5.43 Å². The molecule has 1 aromatic rings. The standard InChI is InChI=1S/C15H24N2OS/c1-2-9-19-11-14(17-16)5-3-12-4-6-15-13(10-12)7-8-18-15/h4,6,10,14,17H,2-3,5,7-9,11,16H2,1H3. The molecule has 0 spiro atoms. The van der Waals surface area contributed by atoms with Crippen molar-refractivity contribution in [2.45, 2.75) is 38.6 Å². The van der Waals surface area contributed by atoms with Crippen LogP contribution in [0.15, 0.2) is 18.2 Å². The Balaban J connectivity index is 1.80. The van der Waals surface area contributed by atoms with Gasteiger partial charge in [0.05, 0.1) is 6.61 Å². The first-order valence-corrected chi connectivity index (χ1v) is 8.27. The van der Waals surface area contributed by atoms with Gasteiger partial charge in [0.15, 0.2) is 0 Å². The summed E-state index contributed by atoms with van der Waals surface area (Å²) in [5.74, 6) is 9.00. The molecule has 1 atom stereocenters. The maximum absolute atomic E-state index is 5.63.